The van der Waals surface area contributed by atoms with E-state index in [1.54, 1.807) is 0 Å². The first kappa shape index (κ1) is 75.5. The van der Waals surface area contributed by atoms with Gasteiger partial charge in [0.15, 0.2) is 6.10 Å². The summed E-state index contributed by atoms with van der Waals surface area (Å²) in [7, 11) is 0. The monoisotopic (exact) mass is 1110 g/mol. The van der Waals surface area contributed by atoms with Gasteiger partial charge in [-0.2, -0.15) is 0 Å². The third kappa shape index (κ3) is 64.4. The highest BCUT2D eigenvalue weighted by Gasteiger charge is 2.19. The Bertz CT molecular complexity index is 1700. The molecule has 0 aliphatic carbocycles. The van der Waals surface area contributed by atoms with Gasteiger partial charge in [-0.3, -0.25) is 14.4 Å². The van der Waals surface area contributed by atoms with Crippen molar-refractivity contribution in [2.75, 3.05) is 13.2 Å². The summed E-state index contributed by atoms with van der Waals surface area (Å²) >= 11 is 0. The van der Waals surface area contributed by atoms with Gasteiger partial charge in [0.25, 0.3) is 0 Å². The van der Waals surface area contributed by atoms with Gasteiger partial charge in [-0.15, -0.1) is 0 Å². The second-order valence-electron chi connectivity index (χ2n) is 21.6. The predicted molar refractivity (Wildman–Crippen MR) is 348 cm³/mol. The molecule has 0 heterocycles. The molecule has 0 amide bonds. The van der Waals surface area contributed by atoms with Crippen molar-refractivity contribution in [3.05, 3.63) is 134 Å². The van der Waals surface area contributed by atoms with Crippen molar-refractivity contribution in [2.24, 2.45) is 0 Å². The van der Waals surface area contributed by atoms with E-state index in [1.165, 1.54) is 122 Å². The fourth-order valence-electron chi connectivity index (χ4n) is 8.97. The molecule has 0 aromatic heterocycles. The Morgan fingerprint density at radius 3 is 0.800 bits per heavy atom. The first-order valence-electron chi connectivity index (χ1n) is 33.2. The van der Waals surface area contributed by atoms with Gasteiger partial charge in [0.1, 0.15) is 13.2 Å². The van der Waals surface area contributed by atoms with E-state index in [2.05, 4.69) is 154 Å². The summed E-state index contributed by atoms with van der Waals surface area (Å²) in [6, 6.07) is 0. The molecule has 0 aliphatic heterocycles. The summed E-state index contributed by atoms with van der Waals surface area (Å²) in [6.45, 7) is 6.35. The number of carbonyl (C=O) groups excluding carboxylic acids is 3. The van der Waals surface area contributed by atoms with Crippen LogP contribution in [0.3, 0.4) is 0 Å². The van der Waals surface area contributed by atoms with Crippen LogP contribution in [0.25, 0.3) is 0 Å². The van der Waals surface area contributed by atoms with Crippen LogP contribution in [-0.4, -0.2) is 37.2 Å². The van der Waals surface area contributed by atoms with Gasteiger partial charge >= 0.3 is 17.9 Å². The fraction of sp³-hybridized carbons (Fsp3) is 0.662. The van der Waals surface area contributed by atoms with Crippen LogP contribution < -0.4 is 0 Å². The Kier molecular flexibility index (Phi) is 63.3. The van der Waals surface area contributed by atoms with Crippen molar-refractivity contribution in [3.63, 3.8) is 0 Å². The predicted octanol–water partition coefficient (Wildman–Crippen LogP) is 22.9. The molecule has 0 aromatic rings. The number of hydrogen-bond donors (Lipinski definition) is 0. The molecule has 1 atom stereocenters. The number of ether oxygens (including phenoxy) is 3. The molecular formula is C74H122O6. The lowest BCUT2D eigenvalue weighted by Crippen LogP contribution is -2.30. The largest absolute Gasteiger partial charge is 0.462 e. The Morgan fingerprint density at radius 1 is 0.263 bits per heavy atom. The zero-order chi connectivity index (χ0) is 57.8. The van der Waals surface area contributed by atoms with Crippen LogP contribution in [0.15, 0.2) is 134 Å². The molecule has 454 valence electrons. The maximum atomic E-state index is 12.9. The SMILES string of the molecule is CC/C=C\C/C=C\C/C=C\C/C=C\C/C=C\CCCC(=O)OC(COC(=O)CCCCCCC/C=C\C/C=C\CCCCCC)COC(=O)CCCCCCCCCCCCCCCCCC/C=C\C/C=C\C/C=C\C/C=C\CC. The molecular weight excluding hydrogens is 985 g/mol. The van der Waals surface area contributed by atoms with E-state index in [4.69, 9.17) is 14.2 Å². The molecule has 80 heavy (non-hydrogen) atoms. The third-order valence-electron chi connectivity index (χ3n) is 13.9. The third-order valence-corrected chi connectivity index (χ3v) is 13.9. The number of hydrogen-bond acceptors (Lipinski definition) is 6. The Balaban J connectivity index is 4.35. The molecule has 6 nitrogen and oxygen atoms in total. The van der Waals surface area contributed by atoms with Gasteiger partial charge in [-0.25, -0.2) is 0 Å². The van der Waals surface area contributed by atoms with Crippen molar-refractivity contribution in [3.8, 4) is 0 Å². The molecule has 0 N–H and O–H groups in total. The van der Waals surface area contributed by atoms with E-state index in [0.29, 0.717) is 19.3 Å². The van der Waals surface area contributed by atoms with E-state index in [9.17, 15) is 14.4 Å². The van der Waals surface area contributed by atoms with Crippen LogP contribution in [0, 0.1) is 0 Å². The zero-order valence-corrected chi connectivity index (χ0v) is 52.0. The summed E-state index contributed by atoms with van der Waals surface area (Å²) in [5.74, 6) is -0.975. The molecule has 0 aromatic carbocycles. The lowest BCUT2D eigenvalue weighted by Gasteiger charge is -2.18. The standard InChI is InChI=1S/C74H122O6/c1-4-7-10-13-16-19-22-25-28-31-32-33-34-35-36-37-38-39-40-41-42-44-46-49-52-55-58-61-64-67-73(76)79-70-71(69-78-72(75)66-63-60-57-54-51-48-45-30-27-24-21-18-15-12-9-6-3)80-74(77)68-65-62-59-56-53-50-47-43-29-26-23-20-17-14-11-8-5-2/h7-8,10-11,16-17,19-21,24-26,28-30,32-33,45,47,50,56,59,71H,4-6,9,12-15,18,22-23,27,31,34-44,46,48-49,51-55,57-58,60-70H2,1-3H3/b10-7-,11-8-,19-16-,20-17-,24-21-,28-25-,29-26-,33-32-,45-30-,50-47-,59-56-. The van der Waals surface area contributed by atoms with Crippen molar-refractivity contribution >= 4 is 17.9 Å². The fourth-order valence-corrected chi connectivity index (χ4v) is 8.97. The van der Waals surface area contributed by atoms with Crippen LogP contribution in [0.4, 0.5) is 0 Å². The summed E-state index contributed by atoms with van der Waals surface area (Å²) in [6.07, 6.45) is 94.7. The molecule has 0 saturated carbocycles. The highest BCUT2D eigenvalue weighted by atomic mass is 16.6. The average molecular weight is 1110 g/mol. The maximum Gasteiger partial charge on any atom is 0.306 e. The summed E-state index contributed by atoms with van der Waals surface area (Å²) in [5, 5.41) is 0. The van der Waals surface area contributed by atoms with Crippen LogP contribution in [0.5, 0.6) is 0 Å². The smallest absolute Gasteiger partial charge is 0.306 e. The first-order valence-corrected chi connectivity index (χ1v) is 33.2. The summed E-state index contributed by atoms with van der Waals surface area (Å²) < 4.78 is 16.9. The van der Waals surface area contributed by atoms with Gasteiger partial charge < -0.3 is 14.2 Å². The highest BCUT2D eigenvalue weighted by Crippen LogP contribution is 2.16. The Hall–Kier alpha value is -4.45. The zero-order valence-electron chi connectivity index (χ0n) is 52.0. The normalized spacial score (nSPS) is 13.0. The number of carbonyl (C=O) groups is 3. The summed E-state index contributed by atoms with van der Waals surface area (Å²) in [4.78, 5) is 38.3. The van der Waals surface area contributed by atoms with Gasteiger partial charge in [-0.05, 0) is 128 Å². The van der Waals surface area contributed by atoms with Crippen LogP contribution in [0.1, 0.15) is 297 Å². The lowest BCUT2D eigenvalue weighted by molar-refractivity contribution is -0.167. The minimum Gasteiger partial charge on any atom is -0.462 e. The van der Waals surface area contributed by atoms with Crippen molar-refractivity contribution in [1.29, 1.82) is 0 Å². The molecule has 0 radical (unpaired) electrons. The molecule has 0 spiro atoms. The lowest BCUT2D eigenvalue weighted by atomic mass is 10.0. The van der Waals surface area contributed by atoms with Gasteiger partial charge in [0, 0.05) is 19.3 Å². The molecule has 1 unspecified atom stereocenters. The minimum atomic E-state index is -0.818. The topological polar surface area (TPSA) is 78.9 Å². The molecule has 0 fully saturated rings. The van der Waals surface area contributed by atoms with Gasteiger partial charge in [0.05, 0.1) is 0 Å². The summed E-state index contributed by atoms with van der Waals surface area (Å²) in [5.41, 5.74) is 0. The molecule has 6 heteroatoms. The Morgan fingerprint density at radius 2 is 0.500 bits per heavy atom. The van der Waals surface area contributed by atoms with Crippen LogP contribution in [-0.2, 0) is 28.6 Å². The molecule has 0 rings (SSSR count). The van der Waals surface area contributed by atoms with Crippen LogP contribution in [0.2, 0.25) is 0 Å². The van der Waals surface area contributed by atoms with E-state index in [0.717, 1.165) is 128 Å². The Labute approximate surface area is 494 Å². The number of esters is 3. The number of rotatable bonds is 59. The second kappa shape index (κ2) is 67.1. The first-order chi connectivity index (χ1) is 39.5. The van der Waals surface area contributed by atoms with Crippen molar-refractivity contribution < 1.29 is 28.6 Å². The minimum absolute atomic E-state index is 0.107. The van der Waals surface area contributed by atoms with Crippen molar-refractivity contribution in [1.82, 2.24) is 0 Å². The quantitative estimate of drug-likeness (QED) is 0.0261. The van der Waals surface area contributed by atoms with Crippen molar-refractivity contribution in [2.45, 2.75) is 303 Å². The highest BCUT2D eigenvalue weighted by molar-refractivity contribution is 5.71. The van der Waals surface area contributed by atoms with E-state index < -0.39 is 6.10 Å². The molecule has 0 aliphatic rings. The van der Waals surface area contributed by atoms with Gasteiger partial charge in [-0.1, -0.05) is 283 Å². The van der Waals surface area contributed by atoms with Gasteiger partial charge in [0.2, 0.25) is 0 Å². The molecule has 0 saturated heterocycles. The second-order valence-corrected chi connectivity index (χ2v) is 21.6. The number of unbranched alkanes of at least 4 members (excludes halogenated alkanes) is 26. The van der Waals surface area contributed by atoms with Crippen LogP contribution >= 0.6 is 0 Å². The maximum absolute atomic E-state index is 12.9. The molecule has 0 bridgehead atoms. The number of allylic oxidation sites excluding steroid dienone is 22. The van der Waals surface area contributed by atoms with E-state index in [-0.39, 0.29) is 37.5 Å². The average Bonchev–Trinajstić information content (AvgIpc) is 3.46. The van der Waals surface area contributed by atoms with E-state index in [1.807, 2.05) is 0 Å². The van der Waals surface area contributed by atoms with E-state index >= 15 is 0 Å².